The van der Waals surface area contributed by atoms with Crippen molar-refractivity contribution in [2.75, 3.05) is 49.1 Å². The molecule has 29 heavy (non-hydrogen) atoms. The first-order valence-corrected chi connectivity index (χ1v) is 10.3. The maximum absolute atomic E-state index is 12.7. The second-order valence-electron chi connectivity index (χ2n) is 7.21. The van der Waals surface area contributed by atoms with Crippen molar-refractivity contribution in [3.05, 3.63) is 53.6 Å². The van der Waals surface area contributed by atoms with Crippen LogP contribution in [0.4, 0.5) is 11.4 Å². The van der Waals surface area contributed by atoms with Gasteiger partial charge >= 0.3 is 0 Å². The predicted molar refractivity (Wildman–Crippen MR) is 114 cm³/mol. The molecule has 4 rings (SSSR count). The number of fused-ring (bicyclic) bond motifs is 1. The summed E-state index contributed by atoms with van der Waals surface area (Å²) < 4.78 is 5.60. The van der Waals surface area contributed by atoms with Gasteiger partial charge in [0.2, 0.25) is 11.8 Å². The zero-order valence-electron chi connectivity index (χ0n) is 16.2. The van der Waals surface area contributed by atoms with Gasteiger partial charge in [-0.25, -0.2) is 0 Å². The number of ether oxygens (including phenoxy) is 1. The monoisotopic (exact) mass is 413 g/mol. The van der Waals surface area contributed by atoms with E-state index in [1.165, 1.54) is 0 Å². The Labute approximate surface area is 175 Å². The molecule has 0 unspecified atom stereocenters. The SMILES string of the molecule is O=C(CCC(=O)N1CCOc2ccccc21)N1CCN(c2ccc(Cl)cc2)CC1. The fraction of sp³-hybridized carbons (Fsp3) is 0.364. The van der Waals surface area contributed by atoms with Gasteiger partial charge in [0.15, 0.2) is 0 Å². The highest BCUT2D eigenvalue weighted by Crippen LogP contribution is 2.31. The number of hydrogen-bond donors (Lipinski definition) is 0. The van der Waals surface area contributed by atoms with Crippen LogP contribution in [0.3, 0.4) is 0 Å². The first-order valence-electron chi connectivity index (χ1n) is 9.92. The Kier molecular flexibility index (Phi) is 5.90. The molecule has 0 spiro atoms. The molecule has 1 fully saturated rings. The molecule has 0 aromatic heterocycles. The Balaban J connectivity index is 1.27. The van der Waals surface area contributed by atoms with Gasteiger partial charge in [-0.05, 0) is 36.4 Å². The number of piperazine rings is 1. The van der Waals surface area contributed by atoms with Gasteiger partial charge in [0, 0.05) is 49.7 Å². The van der Waals surface area contributed by atoms with Crippen LogP contribution < -0.4 is 14.5 Å². The summed E-state index contributed by atoms with van der Waals surface area (Å²) in [6.07, 6.45) is 0.448. The molecule has 152 valence electrons. The molecule has 0 N–H and O–H groups in total. The third-order valence-corrected chi connectivity index (χ3v) is 5.66. The van der Waals surface area contributed by atoms with Gasteiger partial charge in [-0.3, -0.25) is 9.59 Å². The van der Waals surface area contributed by atoms with E-state index < -0.39 is 0 Å². The van der Waals surface area contributed by atoms with Crippen LogP contribution in [0.5, 0.6) is 5.75 Å². The molecule has 0 bridgehead atoms. The summed E-state index contributed by atoms with van der Waals surface area (Å²) in [6, 6.07) is 15.3. The molecule has 2 aliphatic heterocycles. The number of rotatable bonds is 4. The van der Waals surface area contributed by atoms with Crippen LogP contribution in [0.15, 0.2) is 48.5 Å². The number of carbonyl (C=O) groups excluding carboxylic acids is 2. The van der Waals surface area contributed by atoms with Crippen molar-refractivity contribution in [1.29, 1.82) is 0 Å². The van der Waals surface area contributed by atoms with Gasteiger partial charge in [-0.15, -0.1) is 0 Å². The summed E-state index contributed by atoms with van der Waals surface area (Å²) >= 11 is 5.95. The summed E-state index contributed by atoms with van der Waals surface area (Å²) in [4.78, 5) is 31.1. The van der Waals surface area contributed by atoms with Crippen molar-refractivity contribution >= 4 is 34.8 Å². The van der Waals surface area contributed by atoms with Crippen LogP contribution in [0.1, 0.15) is 12.8 Å². The van der Waals surface area contributed by atoms with Crippen molar-refractivity contribution in [2.45, 2.75) is 12.8 Å². The van der Waals surface area contributed by atoms with Crippen LogP contribution in [0, 0.1) is 0 Å². The van der Waals surface area contributed by atoms with Crippen LogP contribution in [-0.4, -0.2) is 56.0 Å². The Morgan fingerprint density at radius 2 is 1.55 bits per heavy atom. The van der Waals surface area contributed by atoms with E-state index in [1.807, 2.05) is 53.4 Å². The number of nitrogens with zero attached hydrogens (tertiary/aromatic N) is 3. The minimum atomic E-state index is -0.0334. The maximum Gasteiger partial charge on any atom is 0.227 e. The zero-order chi connectivity index (χ0) is 20.2. The smallest absolute Gasteiger partial charge is 0.227 e. The largest absolute Gasteiger partial charge is 0.490 e. The van der Waals surface area contributed by atoms with Gasteiger partial charge in [-0.2, -0.15) is 0 Å². The molecule has 0 saturated carbocycles. The molecule has 0 atom stereocenters. The lowest BCUT2D eigenvalue weighted by molar-refractivity contribution is -0.133. The second-order valence-corrected chi connectivity index (χ2v) is 7.64. The van der Waals surface area contributed by atoms with Gasteiger partial charge in [0.05, 0.1) is 12.2 Å². The van der Waals surface area contributed by atoms with Crippen LogP contribution in [0.25, 0.3) is 0 Å². The fourth-order valence-corrected chi connectivity index (χ4v) is 3.93. The van der Waals surface area contributed by atoms with Crippen molar-refractivity contribution in [1.82, 2.24) is 4.90 Å². The van der Waals surface area contributed by atoms with Gasteiger partial charge < -0.3 is 19.4 Å². The molecule has 2 heterocycles. The van der Waals surface area contributed by atoms with E-state index in [1.54, 1.807) is 4.90 Å². The number of anilines is 2. The van der Waals surface area contributed by atoms with E-state index in [2.05, 4.69) is 4.90 Å². The quantitative estimate of drug-likeness (QED) is 0.772. The van der Waals surface area contributed by atoms with E-state index in [-0.39, 0.29) is 24.7 Å². The number of halogens is 1. The molecule has 2 aromatic rings. The highest BCUT2D eigenvalue weighted by Gasteiger charge is 2.26. The topological polar surface area (TPSA) is 53.1 Å². The van der Waals surface area contributed by atoms with E-state index in [0.717, 1.165) is 35.2 Å². The number of para-hydroxylation sites is 2. The zero-order valence-corrected chi connectivity index (χ0v) is 17.0. The van der Waals surface area contributed by atoms with Crippen molar-refractivity contribution in [3.63, 3.8) is 0 Å². The van der Waals surface area contributed by atoms with Gasteiger partial charge in [0.1, 0.15) is 12.4 Å². The van der Waals surface area contributed by atoms with E-state index >= 15 is 0 Å². The molecule has 0 radical (unpaired) electrons. The van der Waals surface area contributed by atoms with Gasteiger partial charge in [0.25, 0.3) is 0 Å². The third-order valence-electron chi connectivity index (χ3n) is 5.41. The fourth-order valence-electron chi connectivity index (χ4n) is 3.80. The third kappa shape index (κ3) is 4.48. The molecule has 1 saturated heterocycles. The number of carbonyl (C=O) groups is 2. The average molecular weight is 414 g/mol. The molecule has 0 aliphatic carbocycles. The maximum atomic E-state index is 12.7. The summed E-state index contributed by atoms with van der Waals surface area (Å²) in [5.41, 5.74) is 1.90. The standard InChI is InChI=1S/C22H24ClN3O3/c23-17-5-7-18(8-6-17)24-11-13-25(14-12-24)21(27)9-10-22(28)26-15-16-29-20-4-2-1-3-19(20)26/h1-8H,9-16H2. The Morgan fingerprint density at radius 3 is 2.31 bits per heavy atom. The van der Waals surface area contributed by atoms with Crippen molar-refractivity contribution in [3.8, 4) is 5.75 Å². The lowest BCUT2D eigenvalue weighted by atomic mass is 10.2. The summed E-state index contributed by atoms with van der Waals surface area (Å²) in [5.74, 6) is 0.723. The summed E-state index contributed by atoms with van der Waals surface area (Å²) in [7, 11) is 0. The molecular weight excluding hydrogens is 390 g/mol. The molecule has 2 aromatic carbocycles. The minimum absolute atomic E-state index is 0.0334. The second kappa shape index (κ2) is 8.74. The van der Waals surface area contributed by atoms with Crippen molar-refractivity contribution in [2.24, 2.45) is 0 Å². The highest BCUT2D eigenvalue weighted by atomic mass is 35.5. The lowest BCUT2D eigenvalue weighted by Gasteiger charge is -2.36. The highest BCUT2D eigenvalue weighted by molar-refractivity contribution is 6.30. The Hall–Kier alpha value is -2.73. The molecule has 7 heteroatoms. The average Bonchev–Trinajstić information content (AvgIpc) is 2.77. The lowest BCUT2D eigenvalue weighted by Crippen LogP contribution is -2.49. The first kappa shape index (κ1) is 19.6. The van der Waals surface area contributed by atoms with Crippen LogP contribution in [-0.2, 0) is 9.59 Å². The predicted octanol–water partition coefficient (Wildman–Crippen LogP) is 3.19. The summed E-state index contributed by atoms with van der Waals surface area (Å²) in [5, 5.41) is 0.718. The Morgan fingerprint density at radius 1 is 0.862 bits per heavy atom. The van der Waals surface area contributed by atoms with E-state index in [0.29, 0.717) is 26.2 Å². The Bertz CT molecular complexity index is 879. The molecular formula is C22H24ClN3O3. The summed E-state index contributed by atoms with van der Waals surface area (Å²) in [6.45, 7) is 3.87. The minimum Gasteiger partial charge on any atom is -0.490 e. The van der Waals surface area contributed by atoms with E-state index in [4.69, 9.17) is 16.3 Å². The van der Waals surface area contributed by atoms with Gasteiger partial charge in [-0.1, -0.05) is 23.7 Å². The normalized spacial score (nSPS) is 16.2. The molecule has 2 amide bonds. The van der Waals surface area contributed by atoms with Crippen molar-refractivity contribution < 1.29 is 14.3 Å². The van der Waals surface area contributed by atoms with Crippen LogP contribution >= 0.6 is 11.6 Å². The van der Waals surface area contributed by atoms with E-state index in [9.17, 15) is 9.59 Å². The number of amides is 2. The number of benzene rings is 2. The molecule has 6 nitrogen and oxygen atoms in total. The van der Waals surface area contributed by atoms with Crippen LogP contribution in [0.2, 0.25) is 5.02 Å². The first-order chi connectivity index (χ1) is 14.1. The molecule has 2 aliphatic rings. The number of hydrogen-bond acceptors (Lipinski definition) is 4.